The molecule has 1 amide bonds. The van der Waals surface area contributed by atoms with Crippen LogP contribution in [0.3, 0.4) is 0 Å². The van der Waals surface area contributed by atoms with Crippen molar-refractivity contribution in [2.45, 2.75) is 32.9 Å². The monoisotopic (exact) mass is 328 g/mol. The van der Waals surface area contributed by atoms with E-state index in [2.05, 4.69) is 10.6 Å². The number of nitrogens with one attached hydrogen (secondary N) is 2. The predicted octanol–water partition coefficient (Wildman–Crippen LogP) is 3.65. The molecule has 0 atom stereocenters. The quantitative estimate of drug-likeness (QED) is 0.619. The van der Waals surface area contributed by atoms with Crippen LogP contribution >= 0.6 is 11.6 Å². The van der Waals surface area contributed by atoms with Crippen LogP contribution in [0.5, 0.6) is 0 Å². The predicted molar refractivity (Wildman–Crippen MR) is 86.5 cm³/mol. The number of carbonyl (C=O) groups excluding carboxylic acids is 1. The molecular formula is C16H22ClFN2O2. The van der Waals surface area contributed by atoms with E-state index < -0.39 is 11.7 Å². The molecule has 6 heteroatoms. The van der Waals surface area contributed by atoms with Gasteiger partial charge in [-0.2, -0.15) is 0 Å². The van der Waals surface area contributed by atoms with Crippen molar-refractivity contribution in [1.29, 1.82) is 0 Å². The van der Waals surface area contributed by atoms with E-state index in [9.17, 15) is 9.18 Å². The van der Waals surface area contributed by atoms with Crippen molar-refractivity contribution in [3.8, 4) is 0 Å². The van der Waals surface area contributed by atoms with E-state index in [1.165, 1.54) is 12.1 Å². The van der Waals surface area contributed by atoms with Gasteiger partial charge in [0.1, 0.15) is 11.4 Å². The van der Waals surface area contributed by atoms with Crippen molar-refractivity contribution in [2.24, 2.45) is 0 Å². The second-order valence-electron chi connectivity index (χ2n) is 5.72. The summed E-state index contributed by atoms with van der Waals surface area (Å²) in [5.74, 6) is -0.345. The molecule has 0 unspecified atom stereocenters. The van der Waals surface area contributed by atoms with Gasteiger partial charge < -0.3 is 15.4 Å². The maximum atomic E-state index is 12.9. The summed E-state index contributed by atoms with van der Waals surface area (Å²) in [6, 6.07) is 4.32. The van der Waals surface area contributed by atoms with Crippen LogP contribution in [0.4, 0.5) is 9.18 Å². The molecule has 0 spiro atoms. The van der Waals surface area contributed by atoms with Crippen LogP contribution < -0.4 is 10.6 Å². The lowest BCUT2D eigenvalue weighted by molar-refractivity contribution is 0.0534. The first-order valence-electron chi connectivity index (χ1n) is 7.04. The fraction of sp³-hybridized carbons (Fsp3) is 0.438. The van der Waals surface area contributed by atoms with E-state index in [0.29, 0.717) is 24.7 Å². The van der Waals surface area contributed by atoms with Gasteiger partial charge in [0.15, 0.2) is 0 Å². The first-order valence-corrected chi connectivity index (χ1v) is 7.42. The molecule has 1 aromatic carbocycles. The Bertz CT molecular complexity index is 527. The maximum Gasteiger partial charge on any atom is 0.407 e. The highest BCUT2D eigenvalue weighted by Gasteiger charge is 2.14. The summed E-state index contributed by atoms with van der Waals surface area (Å²) in [6.07, 6.45) is 3.26. The van der Waals surface area contributed by atoms with Gasteiger partial charge in [0.05, 0.1) is 0 Å². The SMILES string of the molecule is CC(C)(C)OC(=O)NC/C=C/CNCc1ccc(F)cc1Cl. The zero-order chi connectivity index (χ0) is 16.6. The molecule has 0 radical (unpaired) electrons. The average molecular weight is 329 g/mol. The second kappa shape index (κ2) is 8.76. The number of carbonyl (C=O) groups is 1. The van der Waals surface area contributed by atoms with Gasteiger partial charge in [-0.15, -0.1) is 0 Å². The number of amides is 1. The Hall–Kier alpha value is -1.59. The molecular weight excluding hydrogens is 307 g/mol. The number of hydrogen-bond donors (Lipinski definition) is 2. The fourth-order valence-corrected chi connectivity index (χ4v) is 1.81. The van der Waals surface area contributed by atoms with E-state index in [1.54, 1.807) is 6.07 Å². The highest BCUT2D eigenvalue weighted by atomic mass is 35.5. The van der Waals surface area contributed by atoms with Crippen LogP contribution in [-0.4, -0.2) is 24.8 Å². The Labute approximate surface area is 135 Å². The van der Waals surface area contributed by atoms with Crippen LogP contribution in [0.25, 0.3) is 0 Å². The first-order chi connectivity index (χ1) is 10.3. The van der Waals surface area contributed by atoms with Crippen LogP contribution in [-0.2, 0) is 11.3 Å². The molecule has 122 valence electrons. The second-order valence-corrected chi connectivity index (χ2v) is 6.13. The molecule has 0 fully saturated rings. The topological polar surface area (TPSA) is 50.4 Å². The number of alkyl carbamates (subject to hydrolysis) is 1. The summed E-state index contributed by atoms with van der Waals surface area (Å²) in [6.45, 7) is 6.99. The molecule has 0 heterocycles. The summed E-state index contributed by atoms with van der Waals surface area (Å²) >= 11 is 5.92. The average Bonchev–Trinajstić information content (AvgIpc) is 2.37. The maximum absolute atomic E-state index is 12.9. The lowest BCUT2D eigenvalue weighted by atomic mass is 10.2. The highest BCUT2D eigenvalue weighted by Crippen LogP contribution is 2.16. The van der Waals surface area contributed by atoms with Crippen molar-refractivity contribution < 1.29 is 13.9 Å². The minimum absolute atomic E-state index is 0.345. The normalized spacial score (nSPS) is 11.7. The summed E-state index contributed by atoms with van der Waals surface area (Å²) < 4.78 is 18.0. The number of ether oxygens (including phenoxy) is 1. The Morgan fingerprint density at radius 2 is 2.00 bits per heavy atom. The Morgan fingerprint density at radius 1 is 1.32 bits per heavy atom. The number of halogens is 2. The largest absolute Gasteiger partial charge is 0.444 e. The van der Waals surface area contributed by atoms with E-state index in [4.69, 9.17) is 16.3 Å². The molecule has 22 heavy (non-hydrogen) atoms. The Balaban J connectivity index is 2.18. The van der Waals surface area contributed by atoms with Gasteiger partial charge in [0, 0.05) is 24.7 Å². The van der Waals surface area contributed by atoms with Gasteiger partial charge >= 0.3 is 6.09 Å². The van der Waals surface area contributed by atoms with Crippen molar-refractivity contribution in [3.05, 3.63) is 46.8 Å². The zero-order valence-electron chi connectivity index (χ0n) is 13.1. The Morgan fingerprint density at radius 3 is 2.64 bits per heavy atom. The molecule has 0 bridgehead atoms. The molecule has 0 saturated carbocycles. The van der Waals surface area contributed by atoms with Gasteiger partial charge in [-0.1, -0.05) is 29.8 Å². The van der Waals surface area contributed by atoms with Gasteiger partial charge in [-0.25, -0.2) is 9.18 Å². The molecule has 1 rings (SSSR count). The molecule has 0 aliphatic carbocycles. The standard InChI is InChI=1S/C16H22ClFN2O2/c1-16(2,3)22-15(21)20-9-5-4-8-19-11-12-6-7-13(18)10-14(12)17/h4-7,10,19H,8-9,11H2,1-3H3,(H,20,21)/b5-4+. The summed E-state index contributed by atoms with van der Waals surface area (Å²) in [7, 11) is 0. The van der Waals surface area contributed by atoms with Crippen molar-refractivity contribution in [3.63, 3.8) is 0 Å². The van der Waals surface area contributed by atoms with Gasteiger partial charge in [0.2, 0.25) is 0 Å². The third kappa shape index (κ3) is 8.00. The molecule has 4 nitrogen and oxygen atoms in total. The van der Waals surface area contributed by atoms with Gasteiger partial charge in [0.25, 0.3) is 0 Å². The summed E-state index contributed by atoms with van der Waals surface area (Å²) in [5, 5.41) is 6.18. The molecule has 0 saturated heterocycles. The van der Waals surface area contributed by atoms with Crippen molar-refractivity contribution in [2.75, 3.05) is 13.1 Å². The third-order valence-corrected chi connectivity index (χ3v) is 2.87. The van der Waals surface area contributed by atoms with Crippen LogP contribution in [0.2, 0.25) is 5.02 Å². The fourth-order valence-electron chi connectivity index (χ4n) is 1.58. The molecule has 0 aromatic heterocycles. The molecule has 1 aromatic rings. The van der Waals surface area contributed by atoms with E-state index in [0.717, 1.165) is 5.56 Å². The number of hydrogen-bond acceptors (Lipinski definition) is 3. The Kier molecular flexibility index (Phi) is 7.35. The smallest absolute Gasteiger partial charge is 0.407 e. The summed E-state index contributed by atoms with van der Waals surface area (Å²) in [5.41, 5.74) is 0.340. The molecule has 2 N–H and O–H groups in total. The van der Waals surface area contributed by atoms with Crippen molar-refractivity contribution >= 4 is 17.7 Å². The number of rotatable bonds is 6. The molecule has 0 aliphatic heterocycles. The van der Waals surface area contributed by atoms with E-state index >= 15 is 0 Å². The third-order valence-electron chi connectivity index (χ3n) is 2.52. The minimum Gasteiger partial charge on any atom is -0.444 e. The lowest BCUT2D eigenvalue weighted by Gasteiger charge is -2.19. The van der Waals surface area contributed by atoms with Crippen LogP contribution in [0.15, 0.2) is 30.4 Å². The summed E-state index contributed by atoms with van der Waals surface area (Å²) in [4.78, 5) is 11.4. The first kappa shape index (κ1) is 18.5. The van der Waals surface area contributed by atoms with Crippen LogP contribution in [0, 0.1) is 5.82 Å². The molecule has 0 aliphatic rings. The highest BCUT2D eigenvalue weighted by molar-refractivity contribution is 6.31. The van der Waals surface area contributed by atoms with E-state index in [1.807, 2.05) is 32.9 Å². The van der Waals surface area contributed by atoms with Crippen LogP contribution in [0.1, 0.15) is 26.3 Å². The van der Waals surface area contributed by atoms with E-state index in [-0.39, 0.29) is 5.82 Å². The van der Waals surface area contributed by atoms with Gasteiger partial charge in [-0.3, -0.25) is 0 Å². The van der Waals surface area contributed by atoms with Gasteiger partial charge in [-0.05, 0) is 38.5 Å². The lowest BCUT2D eigenvalue weighted by Crippen LogP contribution is -2.32. The number of benzene rings is 1. The van der Waals surface area contributed by atoms with Crippen molar-refractivity contribution in [1.82, 2.24) is 10.6 Å². The zero-order valence-corrected chi connectivity index (χ0v) is 13.8. The minimum atomic E-state index is -0.496.